The first kappa shape index (κ1) is 16.8. The van der Waals surface area contributed by atoms with E-state index in [9.17, 15) is 0 Å². The summed E-state index contributed by atoms with van der Waals surface area (Å²) >= 11 is 16.1. The molecular formula is C14H20Cl2N2S2. The van der Waals surface area contributed by atoms with E-state index in [2.05, 4.69) is 19.3 Å². The van der Waals surface area contributed by atoms with E-state index >= 15 is 0 Å². The average molecular weight is 351 g/mol. The van der Waals surface area contributed by atoms with Crippen LogP contribution in [0.2, 0.25) is 10.0 Å². The second kappa shape index (κ2) is 7.61. The maximum absolute atomic E-state index is 6.08. The van der Waals surface area contributed by atoms with Crippen molar-refractivity contribution >= 4 is 46.7 Å². The fourth-order valence-electron chi connectivity index (χ4n) is 2.24. The maximum atomic E-state index is 6.08. The van der Waals surface area contributed by atoms with E-state index < -0.39 is 0 Å². The maximum Gasteiger partial charge on any atom is 0.0595 e. The highest BCUT2D eigenvalue weighted by molar-refractivity contribution is 8.07. The molecule has 1 saturated heterocycles. The number of rotatable bonds is 4. The van der Waals surface area contributed by atoms with Crippen molar-refractivity contribution in [1.82, 2.24) is 5.43 Å². The lowest BCUT2D eigenvalue weighted by molar-refractivity contribution is 0.521. The minimum absolute atomic E-state index is 0.250. The van der Waals surface area contributed by atoms with Crippen molar-refractivity contribution in [3.05, 3.63) is 33.8 Å². The zero-order chi connectivity index (χ0) is 14.7. The van der Waals surface area contributed by atoms with Gasteiger partial charge >= 0.3 is 0 Å². The first-order chi connectivity index (χ1) is 9.51. The lowest BCUT2D eigenvalue weighted by Crippen LogP contribution is -2.47. The van der Waals surface area contributed by atoms with Crippen LogP contribution in [0.1, 0.15) is 19.4 Å². The molecule has 0 amide bonds. The summed E-state index contributed by atoms with van der Waals surface area (Å²) in [6.07, 6.45) is 0.868. The molecule has 1 aliphatic heterocycles. The summed E-state index contributed by atoms with van der Waals surface area (Å²) in [7, 11) is 0. The fourth-order valence-corrected chi connectivity index (χ4v) is 5.67. The molecule has 0 aromatic heterocycles. The van der Waals surface area contributed by atoms with Gasteiger partial charge in [-0.1, -0.05) is 43.1 Å². The van der Waals surface area contributed by atoms with Crippen LogP contribution in [0.3, 0.4) is 0 Å². The molecule has 4 unspecified atom stereocenters. The smallest absolute Gasteiger partial charge is 0.0595 e. The molecule has 1 aliphatic rings. The van der Waals surface area contributed by atoms with Crippen molar-refractivity contribution in [2.75, 3.05) is 5.75 Å². The highest BCUT2D eigenvalue weighted by Gasteiger charge is 2.30. The molecule has 0 spiro atoms. The highest BCUT2D eigenvalue weighted by Crippen LogP contribution is 2.37. The van der Waals surface area contributed by atoms with E-state index in [1.807, 2.05) is 41.7 Å². The van der Waals surface area contributed by atoms with Crippen LogP contribution in [-0.2, 0) is 6.42 Å². The first-order valence-electron chi connectivity index (χ1n) is 6.68. The zero-order valence-corrected chi connectivity index (χ0v) is 14.8. The van der Waals surface area contributed by atoms with Gasteiger partial charge in [-0.3, -0.25) is 11.3 Å². The van der Waals surface area contributed by atoms with Gasteiger partial charge in [0.2, 0.25) is 0 Å². The van der Waals surface area contributed by atoms with Crippen LogP contribution in [0.25, 0.3) is 0 Å². The predicted octanol–water partition coefficient (Wildman–Crippen LogP) is 3.99. The second-order valence-corrected chi connectivity index (χ2v) is 8.99. The largest absolute Gasteiger partial charge is 0.271 e. The molecule has 4 atom stereocenters. The summed E-state index contributed by atoms with van der Waals surface area (Å²) in [6.45, 7) is 4.59. The van der Waals surface area contributed by atoms with Gasteiger partial charge in [-0.05, 0) is 24.1 Å². The Hall–Kier alpha value is 0.420. The Kier molecular flexibility index (Phi) is 6.39. The Morgan fingerprint density at radius 2 is 2.05 bits per heavy atom. The van der Waals surface area contributed by atoms with Gasteiger partial charge in [0, 0.05) is 27.5 Å². The van der Waals surface area contributed by atoms with Crippen molar-refractivity contribution in [1.29, 1.82) is 0 Å². The van der Waals surface area contributed by atoms with Gasteiger partial charge < -0.3 is 0 Å². The van der Waals surface area contributed by atoms with Gasteiger partial charge in [0.05, 0.1) is 10.0 Å². The summed E-state index contributed by atoms with van der Waals surface area (Å²) < 4.78 is 0. The van der Waals surface area contributed by atoms with Crippen molar-refractivity contribution < 1.29 is 0 Å². The molecule has 1 fully saturated rings. The summed E-state index contributed by atoms with van der Waals surface area (Å²) in [5.74, 6) is 6.90. The molecule has 0 radical (unpaired) electrons. The van der Waals surface area contributed by atoms with Gasteiger partial charge in [0.1, 0.15) is 0 Å². The molecule has 0 aliphatic carbocycles. The number of hydrogen-bond donors (Lipinski definition) is 2. The number of thioether (sulfide) groups is 2. The molecule has 0 saturated carbocycles. The molecule has 1 aromatic rings. The van der Waals surface area contributed by atoms with Crippen molar-refractivity contribution in [2.45, 2.75) is 42.1 Å². The monoisotopic (exact) mass is 350 g/mol. The second-order valence-electron chi connectivity index (χ2n) is 5.14. The van der Waals surface area contributed by atoms with Gasteiger partial charge in [0.15, 0.2) is 0 Å². The van der Waals surface area contributed by atoms with Crippen molar-refractivity contribution in [3.8, 4) is 0 Å². The number of nitrogens with one attached hydrogen (secondary N) is 1. The number of hydrogen-bond acceptors (Lipinski definition) is 4. The summed E-state index contributed by atoms with van der Waals surface area (Å²) in [6, 6.07) is 6.05. The number of nitrogens with two attached hydrogens (primary N) is 1. The summed E-state index contributed by atoms with van der Waals surface area (Å²) in [5.41, 5.74) is 4.15. The molecule has 6 heteroatoms. The SMILES string of the molecule is CC1SCC(C(Cc2ccc(Cl)c(Cl)c2)NN)SC1C. The molecule has 2 nitrogen and oxygen atoms in total. The van der Waals surface area contributed by atoms with E-state index in [1.54, 1.807) is 0 Å². The minimum atomic E-state index is 0.250. The quantitative estimate of drug-likeness (QED) is 0.635. The molecule has 2 rings (SSSR count). The zero-order valence-electron chi connectivity index (χ0n) is 11.6. The fraction of sp³-hybridized carbons (Fsp3) is 0.571. The lowest BCUT2D eigenvalue weighted by atomic mass is 10.0. The Morgan fingerprint density at radius 1 is 1.30 bits per heavy atom. The Morgan fingerprint density at radius 3 is 2.65 bits per heavy atom. The van der Waals surface area contributed by atoms with Crippen LogP contribution < -0.4 is 11.3 Å². The van der Waals surface area contributed by atoms with Crippen molar-refractivity contribution in [3.63, 3.8) is 0 Å². The lowest BCUT2D eigenvalue weighted by Gasteiger charge is -2.35. The third-order valence-electron chi connectivity index (χ3n) is 3.68. The van der Waals surface area contributed by atoms with Gasteiger partial charge in [-0.2, -0.15) is 23.5 Å². The van der Waals surface area contributed by atoms with E-state index in [-0.39, 0.29) is 6.04 Å². The molecule has 0 bridgehead atoms. The third kappa shape index (κ3) is 4.21. The van der Waals surface area contributed by atoms with Crippen LogP contribution >= 0.6 is 46.7 Å². The molecule has 1 aromatic carbocycles. The number of benzene rings is 1. The number of hydrazine groups is 1. The normalized spacial score (nSPS) is 28.4. The van der Waals surface area contributed by atoms with Crippen molar-refractivity contribution in [2.24, 2.45) is 5.84 Å². The van der Waals surface area contributed by atoms with Gasteiger partial charge in [-0.25, -0.2) is 0 Å². The van der Waals surface area contributed by atoms with E-state index in [4.69, 9.17) is 29.0 Å². The van der Waals surface area contributed by atoms with Gasteiger partial charge in [0.25, 0.3) is 0 Å². The molecule has 20 heavy (non-hydrogen) atoms. The minimum Gasteiger partial charge on any atom is -0.271 e. The van der Waals surface area contributed by atoms with Crippen LogP contribution in [-0.4, -0.2) is 27.5 Å². The van der Waals surface area contributed by atoms with E-state index in [0.29, 0.717) is 25.8 Å². The van der Waals surface area contributed by atoms with Crippen LogP contribution in [0.5, 0.6) is 0 Å². The average Bonchev–Trinajstić information content (AvgIpc) is 2.43. The van der Waals surface area contributed by atoms with Crippen LogP contribution in [0.4, 0.5) is 0 Å². The topological polar surface area (TPSA) is 38.0 Å². The van der Waals surface area contributed by atoms with Gasteiger partial charge in [-0.15, -0.1) is 0 Å². The molecule has 112 valence electrons. The summed E-state index contributed by atoms with van der Waals surface area (Å²) in [5, 5.41) is 3.08. The number of halogens is 2. The predicted molar refractivity (Wildman–Crippen MR) is 94.0 cm³/mol. The highest BCUT2D eigenvalue weighted by atomic mass is 35.5. The summed E-state index contributed by atoms with van der Waals surface area (Å²) in [4.78, 5) is 0. The Bertz CT molecular complexity index is 459. The van der Waals surface area contributed by atoms with E-state index in [0.717, 1.165) is 12.2 Å². The van der Waals surface area contributed by atoms with Crippen LogP contribution in [0.15, 0.2) is 18.2 Å². The molecule has 3 N–H and O–H groups in total. The van der Waals surface area contributed by atoms with E-state index in [1.165, 1.54) is 5.56 Å². The Balaban J connectivity index is 2.03. The standard InChI is InChI=1S/C14H20Cl2N2S2/c1-8-9(2)20-14(7-19-8)13(18-17)6-10-3-4-11(15)12(16)5-10/h3-5,8-9,13-14,18H,6-7,17H2,1-2H3. The first-order valence-corrected chi connectivity index (χ1v) is 9.43. The third-order valence-corrected chi connectivity index (χ3v) is 7.97. The van der Waals surface area contributed by atoms with Crippen LogP contribution in [0, 0.1) is 0 Å². The molecule has 1 heterocycles. The Labute approximate surface area is 139 Å². The molecular weight excluding hydrogens is 331 g/mol.